The number of furan rings is 1. The normalized spacial score (nSPS) is 17.4. The molecule has 0 fully saturated rings. The van der Waals surface area contributed by atoms with E-state index in [1.165, 1.54) is 0 Å². The van der Waals surface area contributed by atoms with Gasteiger partial charge in [0.2, 0.25) is 0 Å². The highest BCUT2D eigenvalue weighted by Gasteiger charge is 2.21. The lowest BCUT2D eigenvalue weighted by atomic mass is 9.84. The summed E-state index contributed by atoms with van der Waals surface area (Å²) < 4.78 is 147. The van der Waals surface area contributed by atoms with Gasteiger partial charge in [0, 0.05) is 16.2 Å². The molecule has 1 heterocycles. The number of benzene rings is 8. The molecule has 41 heavy (non-hydrogen) atoms. The highest BCUT2D eigenvalue weighted by atomic mass is 16.3. The van der Waals surface area contributed by atoms with Gasteiger partial charge in [-0.15, -0.1) is 0 Å². The van der Waals surface area contributed by atoms with Crippen molar-refractivity contribution in [1.82, 2.24) is 0 Å². The Kier molecular flexibility index (Phi) is 2.50. The Morgan fingerprint density at radius 2 is 0.951 bits per heavy atom. The molecule has 0 saturated heterocycles. The van der Waals surface area contributed by atoms with Crippen molar-refractivity contribution in [3.8, 4) is 22.3 Å². The Labute approximate surface area is 259 Å². The van der Waals surface area contributed by atoms with Crippen LogP contribution in [0.25, 0.3) is 87.3 Å². The van der Waals surface area contributed by atoms with Gasteiger partial charge in [0.25, 0.3) is 0 Å². The Balaban J connectivity index is 1.55. The van der Waals surface area contributed by atoms with Crippen molar-refractivity contribution in [2.45, 2.75) is 0 Å². The molecular formula is C40H24O. The van der Waals surface area contributed by atoms with Gasteiger partial charge in [0.1, 0.15) is 11.2 Å². The summed E-state index contributed by atoms with van der Waals surface area (Å²) in [7, 11) is 0. The molecular weight excluding hydrogens is 496 g/mol. The quantitative estimate of drug-likeness (QED) is 0.200. The van der Waals surface area contributed by atoms with E-state index in [9.17, 15) is 4.11 Å². The Bertz CT molecular complexity index is 3300. The molecule has 0 spiro atoms. The lowest BCUT2D eigenvalue weighted by Gasteiger charge is -2.19. The minimum atomic E-state index is -0.605. The van der Waals surface area contributed by atoms with Crippen LogP contribution in [0.2, 0.25) is 0 Å². The van der Waals surface area contributed by atoms with Crippen LogP contribution < -0.4 is 0 Å². The van der Waals surface area contributed by atoms with Crippen molar-refractivity contribution >= 4 is 65.0 Å². The van der Waals surface area contributed by atoms with Crippen LogP contribution in [0.3, 0.4) is 0 Å². The molecule has 0 aliphatic rings. The standard InChI is InChI=1S/C40H24O/c1-3-14-27-25(11-1)13-9-20-29(27)37-30-16-5-7-18-32(30)38(33-19-8-6-17-31(33)37)34-21-10-22-36-39(34)35-24-23-26-12-2-4-15-28(26)40(35)41-36/h1-24H/i1D,2D,3D,4D,9D,10D,11D,12D,13D,14D,15D,20D,21D,22D,23D,24D. The third kappa shape index (κ3) is 3.18. The summed E-state index contributed by atoms with van der Waals surface area (Å²) >= 11 is 0. The fourth-order valence-electron chi connectivity index (χ4n) is 5.82. The van der Waals surface area contributed by atoms with Crippen LogP contribution in [-0.4, -0.2) is 0 Å². The fourth-order valence-corrected chi connectivity index (χ4v) is 5.82. The Morgan fingerprint density at radius 3 is 1.66 bits per heavy atom. The minimum absolute atomic E-state index is 0.000355. The Hall–Kier alpha value is -5.40. The molecule has 0 atom stereocenters. The summed E-state index contributed by atoms with van der Waals surface area (Å²) in [5, 5.41) is 0.728. The van der Waals surface area contributed by atoms with Crippen LogP contribution in [0, 0.1) is 0 Å². The lowest BCUT2D eigenvalue weighted by molar-refractivity contribution is 0.673. The molecule has 1 nitrogen and oxygen atoms in total. The molecule has 1 aromatic heterocycles. The van der Waals surface area contributed by atoms with Gasteiger partial charge in [0.05, 0.1) is 21.9 Å². The first-order valence-corrected chi connectivity index (χ1v) is 12.8. The highest BCUT2D eigenvalue weighted by Crippen LogP contribution is 2.48. The van der Waals surface area contributed by atoms with Crippen LogP contribution in [0.4, 0.5) is 0 Å². The molecule has 9 aromatic rings. The predicted molar refractivity (Wildman–Crippen MR) is 175 cm³/mol. The first kappa shape index (κ1) is 12.0. The molecule has 0 unspecified atom stereocenters. The van der Waals surface area contributed by atoms with E-state index in [4.69, 9.17) is 22.2 Å². The molecule has 8 aromatic carbocycles. The summed E-state index contributed by atoms with van der Waals surface area (Å²) in [5.74, 6) is 0. The van der Waals surface area contributed by atoms with Crippen LogP contribution in [0.5, 0.6) is 0 Å². The predicted octanol–water partition coefficient (Wildman–Crippen LogP) is 11.5. The zero-order valence-corrected chi connectivity index (χ0v) is 21.0. The molecule has 9 rings (SSSR count). The SMILES string of the molecule is [2H]c1c([2H])c(-c2c3ccccc3c(-c3c([2H])c([2H])c([2H])c4c([2H])c([2H])c([2H])c([2H])c34)c3ccccc23)c2c(oc3c4c([2H])c([2H])c([2H])c([2H])c4c([2H])c([2H])c32)c1[2H]. The van der Waals surface area contributed by atoms with E-state index in [0.29, 0.717) is 32.7 Å². The van der Waals surface area contributed by atoms with Crippen molar-refractivity contribution < 1.29 is 26.3 Å². The highest BCUT2D eigenvalue weighted by molar-refractivity contribution is 6.28. The van der Waals surface area contributed by atoms with Gasteiger partial charge in [-0.25, -0.2) is 0 Å². The molecule has 190 valence electrons. The molecule has 0 aliphatic carbocycles. The summed E-state index contributed by atoms with van der Waals surface area (Å²) in [6, 6.07) is 5.10. The van der Waals surface area contributed by atoms with Crippen molar-refractivity contribution in [3.05, 3.63) is 145 Å². The summed E-state index contributed by atoms with van der Waals surface area (Å²) in [6.45, 7) is 0. The number of hydrogen-bond donors (Lipinski definition) is 0. The van der Waals surface area contributed by atoms with E-state index in [-0.39, 0.29) is 54.6 Å². The molecule has 0 aliphatic heterocycles. The topological polar surface area (TPSA) is 13.1 Å². The van der Waals surface area contributed by atoms with Gasteiger partial charge in [-0.1, -0.05) is 133 Å². The lowest BCUT2D eigenvalue weighted by Crippen LogP contribution is -1.92. The molecule has 0 saturated carbocycles. The summed E-state index contributed by atoms with van der Waals surface area (Å²) in [6.07, 6.45) is 0. The van der Waals surface area contributed by atoms with Crippen molar-refractivity contribution in [2.75, 3.05) is 0 Å². The van der Waals surface area contributed by atoms with E-state index < -0.39 is 96.7 Å². The zero-order valence-electron chi connectivity index (χ0n) is 37.0. The van der Waals surface area contributed by atoms with Gasteiger partial charge in [-0.05, 0) is 72.0 Å². The smallest absolute Gasteiger partial charge is 0.143 e. The van der Waals surface area contributed by atoms with Gasteiger partial charge >= 0.3 is 0 Å². The second kappa shape index (κ2) is 8.55. The maximum atomic E-state index is 9.41. The van der Waals surface area contributed by atoms with Crippen molar-refractivity contribution in [3.63, 3.8) is 0 Å². The van der Waals surface area contributed by atoms with Crippen LogP contribution >= 0.6 is 0 Å². The zero-order chi connectivity index (χ0) is 40.8. The second-order valence-corrected chi connectivity index (χ2v) is 9.60. The largest absolute Gasteiger partial charge is 0.455 e. The number of hydrogen-bond acceptors (Lipinski definition) is 1. The molecule has 1 heteroatoms. The summed E-state index contributed by atoms with van der Waals surface area (Å²) in [4.78, 5) is 0. The monoisotopic (exact) mass is 536 g/mol. The molecule has 0 amide bonds. The first-order chi connectivity index (χ1) is 27.0. The van der Waals surface area contributed by atoms with E-state index in [0.717, 1.165) is 0 Å². The molecule has 0 bridgehead atoms. The second-order valence-electron chi connectivity index (χ2n) is 9.60. The van der Waals surface area contributed by atoms with E-state index in [1.54, 1.807) is 48.5 Å². The fraction of sp³-hybridized carbons (Fsp3) is 0. The molecule has 0 radical (unpaired) electrons. The first-order valence-electron chi connectivity index (χ1n) is 20.8. The van der Waals surface area contributed by atoms with Gasteiger partial charge in [0.15, 0.2) is 0 Å². The third-order valence-electron chi connectivity index (χ3n) is 7.49. The maximum absolute atomic E-state index is 9.41. The van der Waals surface area contributed by atoms with Gasteiger partial charge < -0.3 is 4.42 Å². The number of rotatable bonds is 2. The van der Waals surface area contributed by atoms with Crippen LogP contribution in [0.1, 0.15) is 21.9 Å². The summed E-state index contributed by atoms with van der Waals surface area (Å²) in [5.41, 5.74) is 0.174. The average molecular weight is 537 g/mol. The maximum Gasteiger partial charge on any atom is 0.143 e. The Morgan fingerprint density at radius 1 is 0.415 bits per heavy atom. The third-order valence-corrected chi connectivity index (χ3v) is 7.49. The van der Waals surface area contributed by atoms with Crippen LogP contribution in [0.15, 0.2) is 150 Å². The van der Waals surface area contributed by atoms with E-state index >= 15 is 0 Å². The average Bonchev–Trinajstić information content (AvgIpc) is 3.60. The van der Waals surface area contributed by atoms with Crippen LogP contribution in [-0.2, 0) is 0 Å². The minimum Gasteiger partial charge on any atom is -0.455 e. The van der Waals surface area contributed by atoms with Gasteiger partial charge in [-0.3, -0.25) is 0 Å². The van der Waals surface area contributed by atoms with Crippen molar-refractivity contribution in [1.29, 1.82) is 0 Å². The van der Waals surface area contributed by atoms with Crippen molar-refractivity contribution in [2.24, 2.45) is 0 Å². The molecule has 0 N–H and O–H groups in total. The van der Waals surface area contributed by atoms with Gasteiger partial charge in [-0.2, -0.15) is 0 Å². The number of fused-ring (bicyclic) bond motifs is 8. The van der Waals surface area contributed by atoms with E-state index in [1.807, 2.05) is 0 Å². The van der Waals surface area contributed by atoms with E-state index in [2.05, 4.69) is 0 Å².